The van der Waals surface area contributed by atoms with Crippen LogP contribution in [0.15, 0.2) is 18.2 Å². The lowest BCUT2D eigenvalue weighted by Gasteiger charge is -2.26. The maximum atomic E-state index is 13.5. The summed E-state index contributed by atoms with van der Waals surface area (Å²) in [7, 11) is 2.15. The number of carbonyl (C=O) groups excluding carboxylic acids is 1. The van der Waals surface area contributed by atoms with E-state index in [0.29, 0.717) is 11.6 Å². The molecule has 1 aliphatic rings. The summed E-state index contributed by atoms with van der Waals surface area (Å²) in [5, 5.41) is 2.92. The van der Waals surface area contributed by atoms with Crippen molar-refractivity contribution in [3.63, 3.8) is 0 Å². The van der Waals surface area contributed by atoms with Crippen LogP contribution in [0.5, 0.6) is 0 Å². The monoisotopic (exact) mass is 287 g/mol. The van der Waals surface area contributed by atoms with Gasteiger partial charge in [-0.25, -0.2) is 4.39 Å². The van der Waals surface area contributed by atoms with Crippen molar-refractivity contribution in [2.24, 2.45) is 0 Å². The number of benzene rings is 1. The highest BCUT2D eigenvalue weighted by Gasteiger charge is 2.22. The minimum Gasteiger partial charge on any atom is -0.328 e. The fourth-order valence-electron chi connectivity index (χ4n) is 2.22. The molecule has 0 aliphatic carbocycles. The van der Waals surface area contributed by atoms with E-state index < -0.39 is 5.82 Å². The number of hydrogen-bond donors (Lipinski definition) is 3. The Morgan fingerprint density at radius 3 is 2.68 bits per heavy atom. The third-order valence-electron chi connectivity index (χ3n) is 3.43. The molecule has 1 amide bonds. The fourth-order valence-corrected chi connectivity index (χ4v) is 2.38. The second-order valence-electron chi connectivity index (χ2n) is 5.06. The molecule has 1 aromatic carbocycles. The Morgan fingerprint density at radius 1 is 1.37 bits per heavy atom. The Hall–Kier alpha value is -1.17. The molecule has 0 spiro atoms. The molecule has 1 fully saturated rings. The molecule has 0 unspecified atom stereocenters. The van der Waals surface area contributed by atoms with Crippen LogP contribution in [0.1, 0.15) is 0 Å². The summed E-state index contributed by atoms with van der Waals surface area (Å²) in [6.45, 7) is 4.47. The topological polar surface area (TPSA) is 38.0 Å². The van der Waals surface area contributed by atoms with E-state index in [1.54, 1.807) is 6.07 Å². The van der Waals surface area contributed by atoms with Crippen molar-refractivity contribution in [2.75, 3.05) is 45.1 Å². The van der Waals surface area contributed by atoms with Gasteiger partial charge in [-0.15, -0.1) is 0 Å². The maximum absolute atomic E-state index is 13.5. The predicted octanol–water partition coefficient (Wildman–Crippen LogP) is -1.17. The molecule has 19 heavy (non-hydrogen) atoms. The van der Waals surface area contributed by atoms with E-state index in [0.717, 1.165) is 26.2 Å². The molecule has 1 aromatic rings. The summed E-state index contributed by atoms with van der Waals surface area (Å²) in [4.78, 5) is 14.6. The minimum absolute atomic E-state index is 0.157. The van der Waals surface area contributed by atoms with E-state index in [1.165, 1.54) is 21.9 Å². The average molecular weight is 288 g/mol. The Labute approximate surface area is 117 Å². The molecular weight excluding hydrogens is 269 g/mol. The predicted molar refractivity (Wildman–Crippen MR) is 72.2 cm³/mol. The fraction of sp³-hybridized carbons (Fsp3) is 0.462. The third kappa shape index (κ3) is 4.16. The number of nitrogens with one attached hydrogen (secondary N) is 3. The van der Waals surface area contributed by atoms with Crippen molar-refractivity contribution in [1.82, 2.24) is 0 Å². The number of carbonyl (C=O) groups is 1. The minimum atomic E-state index is -0.501. The number of halogens is 2. The van der Waals surface area contributed by atoms with Crippen LogP contribution in [0.25, 0.3) is 0 Å². The van der Waals surface area contributed by atoms with E-state index in [9.17, 15) is 9.18 Å². The number of likely N-dealkylation sites (N-methyl/N-ethyl adjacent to an activating group) is 1. The maximum Gasteiger partial charge on any atom is 0.279 e. The smallest absolute Gasteiger partial charge is 0.279 e. The van der Waals surface area contributed by atoms with Crippen LogP contribution < -0.4 is 15.1 Å². The molecule has 4 nitrogen and oxygen atoms in total. The Bertz CT molecular complexity index is 461. The van der Waals surface area contributed by atoms with Gasteiger partial charge in [-0.05, 0) is 18.2 Å². The molecule has 2 rings (SSSR count). The molecular formula is C13H19ClFN3O+2. The first kappa shape index (κ1) is 14.2. The Kier molecular flexibility index (Phi) is 4.74. The highest BCUT2D eigenvalue weighted by atomic mass is 35.5. The molecule has 1 heterocycles. The first-order chi connectivity index (χ1) is 9.04. The normalized spacial score (nSPS) is 23.1. The van der Waals surface area contributed by atoms with E-state index in [-0.39, 0.29) is 11.6 Å². The van der Waals surface area contributed by atoms with Crippen molar-refractivity contribution in [2.45, 2.75) is 0 Å². The van der Waals surface area contributed by atoms with Gasteiger partial charge in [0.1, 0.15) is 32.0 Å². The van der Waals surface area contributed by atoms with Gasteiger partial charge in [0, 0.05) is 5.02 Å². The van der Waals surface area contributed by atoms with Gasteiger partial charge in [-0.1, -0.05) is 11.6 Å². The molecule has 0 aromatic heterocycles. The SMILES string of the molecule is C[NH+]1CC[NH+](CC(=O)Nc2ccc(Cl)cc2F)CC1. The van der Waals surface area contributed by atoms with Gasteiger partial charge in [-0.3, -0.25) is 4.79 Å². The number of quaternary nitrogens is 2. The van der Waals surface area contributed by atoms with Gasteiger partial charge in [0.2, 0.25) is 0 Å². The molecule has 6 heteroatoms. The lowest BCUT2D eigenvalue weighted by molar-refractivity contribution is -0.999. The van der Waals surface area contributed by atoms with E-state index in [1.807, 2.05) is 0 Å². The van der Waals surface area contributed by atoms with Gasteiger partial charge < -0.3 is 15.1 Å². The number of rotatable bonds is 3. The Balaban J connectivity index is 1.87. The number of anilines is 1. The molecule has 0 atom stereocenters. The first-order valence-corrected chi connectivity index (χ1v) is 6.82. The number of amides is 1. The molecule has 1 saturated heterocycles. The second-order valence-corrected chi connectivity index (χ2v) is 5.49. The zero-order chi connectivity index (χ0) is 13.8. The highest BCUT2D eigenvalue weighted by molar-refractivity contribution is 6.30. The number of piperazine rings is 1. The van der Waals surface area contributed by atoms with Crippen molar-refractivity contribution in [1.29, 1.82) is 0 Å². The van der Waals surface area contributed by atoms with E-state index in [2.05, 4.69) is 12.4 Å². The quantitative estimate of drug-likeness (QED) is 0.644. The van der Waals surface area contributed by atoms with E-state index in [4.69, 9.17) is 11.6 Å². The summed E-state index contributed by atoms with van der Waals surface area (Å²) in [6.07, 6.45) is 0. The highest BCUT2D eigenvalue weighted by Crippen LogP contribution is 2.18. The van der Waals surface area contributed by atoms with Crippen LogP contribution in [0.4, 0.5) is 10.1 Å². The zero-order valence-electron chi connectivity index (χ0n) is 10.9. The molecule has 0 radical (unpaired) electrons. The van der Waals surface area contributed by atoms with Gasteiger partial charge in [0.05, 0.1) is 12.7 Å². The third-order valence-corrected chi connectivity index (χ3v) is 3.66. The Morgan fingerprint density at radius 2 is 2.05 bits per heavy atom. The van der Waals surface area contributed by atoms with Crippen molar-refractivity contribution in [3.05, 3.63) is 29.0 Å². The van der Waals surface area contributed by atoms with Gasteiger partial charge in [-0.2, -0.15) is 0 Å². The number of hydrogen-bond acceptors (Lipinski definition) is 1. The first-order valence-electron chi connectivity index (χ1n) is 6.44. The molecule has 0 saturated carbocycles. The average Bonchev–Trinajstić information content (AvgIpc) is 2.36. The van der Waals surface area contributed by atoms with Crippen LogP contribution >= 0.6 is 11.6 Å². The van der Waals surface area contributed by atoms with E-state index >= 15 is 0 Å². The van der Waals surface area contributed by atoms with Crippen LogP contribution in [0, 0.1) is 5.82 Å². The summed E-state index contributed by atoms with van der Waals surface area (Å²) in [6, 6.07) is 4.24. The summed E-state index contributed by atoms with van der Waals surface area (Å²) >= 11 is 5.66. The lowest BCUT2D eigenvalue weighted by Crippen LogP contribution is -3.27. The van der Waals surface area contributed by atoms with Crippen molar-refractivity contribution in [3.8, 4) is 0 Å². The van der Waals surface area contributed by atoms with Crippen molar-refractivity contribution < 1.29 is 19.0 Å². The molecule has 3 N–H and O–H groups in total. The summed E-state index contributed by atoms with van der Waals surface area (Å²) in [5.74, 6) is -0.658. The van der Waals surface area contributed by atoms with Crippen LogP contribution in [-0.2, 0) is 4.79 Å². The summed E-state index contributed by atoms with van der Waals surface area (Å²) in [5.41, 5.74) is 0.188. The van der Waals surface area contributed by atoms with Crippen LogP contribution in [0.3, 0.4) is 0 Å². The standard InChI is InChI=1S/C13H17ClFN3O/c1-17-4-6-18(7-5-17)9-13(19)16-12-3-2-10(14)8-11(12)15/h2-3,8H,4-7,9H2,1H3,(H,16,19)/p+2. The van der Waals surface area contributed by atoms with Crippen molar-refractivity contribution >= 4 is 23.2 Å². The molecule has 1 aliphatic heterocycles. The molecule has 104 valence electrons. The van der Waals surface area contributed by atoms with Gasteiger partial charge in [0.25, 0.3) is 5.91 Å². The second kappa shape index (κ2) is 6.32. The van der Waals surface area contributed by atoms with Crippen LogP contribution in [0.2, 0.25) is 5.02 Å². The van der Waals surface area contributed by atoms with Crippen LogP contribution in [-0.4, -0.2) is 45.7 Å². The molecule has 0 bridgehead atoms. The van der Waals surface area contributed by atoms with Gasteiger partial charge >= 0.3 is 0 Å². The summed E-state index contributed by atoms with van der Waals surface area (Å²) < 4.78 is 13.5. The lowest BCUT2D eigenvalue weighted by atomic mass is 10.3. The zero-order valence-corrected chi connectivity index (χ0v) is 11.7. The van der Waals surface area contributed by atoms with Gasteiger partial charge in [0.15, 0.2) is 6.54 Å². The largest absolute Gasteiger partial charge is 0.328 e.